The Bertz CT molecular complexity index is 1050. The zero-order chi connectivity index (χ0) is 21.3. The summed E-state index contributed by atoms with van der Waals surface area (Å²) in [6.07, 6.45) is 1.17. The first kappa shape index (κ1) is 21.0. The SMILES string of the molecule is COc1ccccc1OCC(=O)Nc1nonc1/C=N/ONc1ccc(F)c(Br)c1. The minimum Gasteiger partial charge on any atom is -0.493 e. The average Bonchev–Trinajstić information content (AvgIpc) is 3.19. The molecule has 10 nitrogen and oxygen atoms in total. The zero-order valence-corrected chi connectivity index (χ0v) is 17.1. The van der Waals surface area contributed by atoms with E-state index >= 15 is 0 Å². The summed E-state index contributed by atoms with van der Waals surface area (Å²) in [6.45, 7) is -0.290. The first-order valence-electron chi connectivity index (χ1n) is 8.35. The van der Waals surface area contributed by atoms with Gasteiger partial charge in [0.2, 0.25) is 5.82 Å². The quantitative estimate of drug-likeness (QED) is 0.354. The van der Waals surface area contributed by atoms with E-state index in [0.29, 0.717) is 17.2 Å². The number of hydrogen-bond acceptors (Lipinski definition) is 9. The maximum absolute atomic E-state index is 13.2. The fourth-order valence-electron chi connectivity index (χ4n) is 2.13. The lowest BCUT2D eigenvalue weighted by Crippen LogP contribution is -2.21. The standard InChI is InChI=1S/C18H15BrFN5O5/c1-27-15-4-2-3-5-16(15)28-10-17(26)22-18-14(24-30-25-18)9-21-29-23-11-6-7-13(20)12(19)8-11/h2-9,23H,10H2,1H3,(H,22,25,26)/b21-9+. The normalized spacial score (nSPS) is 10.6. The monoisotopic (exact) mass is 479 g/mol. The summed E-state index contributed by atoms with van der Waals surface area (Å²) in [4.78, 5) is 17.0. The molecule has 0 aliphatic carbocycles. The molecule has 0 aliphatic rings. The van der Waals surface area contributed by atoms with Crippen molar-refractivity contribution in [2.45, 2.75) is 0 Å². The third-order valence-electron chi connectivity index (χ3n) is 3.51. The average molecular weight is 480 g/mol. The number of rotatable bonds is 9. The number of nitrogens with zero attached hydrogens (tertiary/aromatic N) is 3. The fraction of sp³-hybridized carbons (Fsp3) is 0.111. The van der Waals surface area contributed by atoms with Gasteiger partial charge in [0, 0.05) is 0 Å². The summed E-state index contributed by atoms with van der Waals surface area (Å²) in [5.41, 5.74) is 3.06. The second-order valence-corrected chi connectivity index (χ2v) is 6.40. The van der Waals surface area contributed by atoms with Gasteiger partial charge in [0.25, 0.3) is 5.91 Å². The van der Waals surface area contributed by atoms with Gasteiger partial charge < -0.3 is 14.8 Å². The predicted molar refractivity (Wildman–Crippen MR) is 108 cm³/mol. The van der Waals surface area contributed by atoms with E-state index in [-0.39, 0.29) is 22.6 Å². The van der Waals surface area contributed by atoms with Crippen molar-refractivity contribution in [1.29, 1.82) is 0 Å². The van der Waals surface area contributed by atoms with E-state index in [9.17, 15) is 9.18 Å². The number of hydrogen-bond donors (Lipinski definition) is 2. The maximum atomic E-state index is 13.2. The second kappa shape index (κ2) is 10.2. The van der Waals surface area contributed by atoms with Crippen molar-refractivity contribution in [1.82, 2.24) is 10.3 Å². The van der Waals surface area contributed by atoms with Crippen LogP contribution >= 0.6 is 15.9 Å². The second-order valence-electron chi connectivity index (χ2n) is 5.54. The molecule has 1 heterocycles. The highest BCUT2D eigenvalue weighted by molar-refractivity contribution is 9.10. The van der Waals surface area contributed by atoms with E-state index in [1.807, 2.05) is 0 Å². The van der Waals surface area contributed by atoms with Crippen molar-refractivity contribution in [3.8, 4) is 11.5 Å². The Hall–Kier alpha value is -3.67. The molecule has 2 aromatic carbocycles. The van der Waals surface area contributed by atoms with Crippen molar-refractivity contribution >= 4 is 39.6 Å². The molecule has 3 rings (SSSR count). The van der Waals surface area contributed by atoms with Crippen LogP contribution in [0.25, 0.3) is 0 Å². The Labute approximate surface area is 178 Å². The Morgan fingerprint density at radius 2 is 2.07 bits per heavy atom. The highest BCUT2D eigenvalue weighted by Gasteiger charge is 2.13. The van der Waals surface area contributed by atoms with Gasteiger partial charge >= 0.3 is 0 Å². The third-order valence-corrected chi connectivity index (χ3v) is 4.12. The number of carbonyl (C=O) groups excluding carboxylic acids is 1. The van der Waals surface area contributed by atoms with Crippen molar-refractivity contribution in [2.75, 3.05) is 24.5 Å². The van der Waals surface area contributed by atoms with Crippen LogP contribution in [-0.4, -0.2) is 36.2 Å². The van der Waals surface area contributed by atoms with Crippen molar-refractivity contribution in [3.63, 3.8) is 0 Å². The van der Waals surface area contributed by atoms with Gasteiger partial charge in [-0.3, -0.25) is 9.73 Å². The van der Waals surface area contributed by atoms with E-state index in [0.717, 1.165) is 0 Å². The van der Waals surface area contributed by atoms with Gasteiger partial charge in [0.05, 0.1) is 17.3 Å². The molecule has 0 spiro atoms. The van der Waals surface area contributed by atoms with Crippen LogP contribution in [0, 0.1) is 5.82 Å². The van der Waals surface area contributed by atoms with Gasteiger partial charge in [-0.25, -0.2) is 9.02 Å². The van der Waals surface area contributed by atoms with Crippen LogP contribution in [0.4, 0.5) is 15.9 Å². The zero-order valence-electron chi connectivity index (χ0n) is 15.5. The Kier molecular flexibility index (Phi) is 7.16. The lowest BCUT2D eigenvalue weighted by Gasteiger charge is -2.09. The van der Waals surface area contributed by atoms with Gasteiger partial charge in [-0.15, -0.1) is 0 Å². The summed E-state index contributed by atoms with van der Waals surface area (Å²) in [5, 5.41) is 13.3. The lowest BCUT2D eigenvalue weighted by molar-refractivity contribution is -0.118. The van der Waals surface area contributed by atoms with Crippen molar-refractivity contribution < 1.29 is 28.2 Å². The van der Waals surface area contributed by atoms with E-state index in [4.69, 9.17) is 14.4 Å². The number of carbonyl (C=O) groups is 1. The molecular weight excluding hydrogens is 465 g/mol. The van der Waals surface area contributed by atoms with Crippen molar-refractivity contribution in [2.24, 2.45) is 5.16 Å². The lowest BCUT2D eigenvalue weighted by atomic mass is 10.3. The van der Waals surface area contributed by atoms with Crippen LogP contribution in [0.15, 0.2) is 56.7 Å². The van der Waals surface area contributed by atoms with Crippen LogP contribution in [0.2, 0.25) is 0 Å². The van der Waals surface area contributed by atoms with Gasteiger partial charge in [-0.1, -0.05) is 17.3 Å². The number of anilines is 2. The number of methoxy groups -OCH3 is 1. The number of nitrogens with one attached hydrogen (secondary N) is 2. The van der Waals surface area contributed by atoms with E-state index in [1.54, 1.807) is 24.3 Å². The molecule has 3 aromatic rings. The Balaban J connectivity index is 1.51. The number of aromatic nitrogens is 2. The van der Waals surface area contributed by atoms with Crippen LogP contribution in [-0.2, 0) is 9.73 Å². The predicted octanol–water partition coefficient (Wildman–Crippen LogP) is 3.37. The molecule has 0 radical (unpaired) electrons. The van der Waals surface area contributed by atoms with E-state index < -0.39 is 11.7 Å². The number of para-hydroxylation sites is 2. The molecule has 30 heavy (non-hydrogen) atoms. The number of amides is 1. The van der Waals surface area contributed by atoms with Gasteiger partial charge in [0.15, 0.2) is 23.8 Å². The van der Waals surface area contributed by atoms with Crippen LogP contribution in [0.3, 0.4) is 0 Å². The van der Waals surface area contributed by atoms with Gasteiger partial charge in [-0.2, -0.15) is 5.48 Å². The first-order valence-corrected chi connectivity index (χ1v) is 9.15. The molecule has 156 valence electrons. The first-order chi connectivity index (χ1) is 14.6. The summed E-state index contributed by atoms with van der Waals surface area (Å²) >= 11 is 3.06. The molecule has 0 bridgehead atoms. The van der Waals surface area contributed by atoms with Gasteiger partial charge in [-0.05, 0) is 56.6 Å². The third kappa shape index (κ3) is 5.67. The number of oxime groups is 1. The summed E-state index contributed by atoms with van der Waals surface area (Å²) < 4.78 is 28.6. The molecule has 0 atom stereocenters. The molecule has 0 aliphatic heterocycles. The maximum Gasteiger partial charge on any atom is 0.263 e. The molecule has 0 fully saturated rings. The molecule has 0 saturated carbocycles. The molecule has 0 saturated heterocycles. The smallest absolute Gasteiger partial charge is 0.263 e. The number of benzene rings is 2. The summed E-state index contributed by atoms with van der Waals surface area (Å²) in [6, 6.07) is 11.1. The minimum absolute atomic E-state index is 0.0282. The van der Waals surface area contributed by atoms with E-state index in [2.05, 4.69) is 46.8 Å². The van der Waals surface area contributed by atoms with Crippen LogP contribution in [0.1, 0.15) is 5.69 Å². The Morgan fingerprint density at radius 3 is 2.83 bits per heavy atom. The summed E-state index contributed by atoms with van der Waals surface area (Å²) in [5.74, 6) is 0.0379. The molecule has 0 unspecified atom stereocenters. The number of ether oxygens (including phenoxy) is 2. The minimum atomic E-state index is -0.499. The van der Waals surface area contributed by atoms with Crippen LogP contribution in [0.5, 0.6) is 11.5 Å². The van der Waals surface area contributed by atoms with E-state index in [1.165, 1.54) is 31.5 Å². The molecule has 1 aromatic heterocycles. The van der Waals surface area contributed by atoms with Crippen LogP contribution < -0.4 is 20.3 Å². The highest BCUT2D eigenvalue weighted by atomic mass is 79.9. The number of halogens is 2. The molecule has 1 amide bonds. The molecule has 12 heteroatoms. The summed E-state index contributed by atoms with van der Waals surface area (Å²) in [7, 11) is 1.50. The van der Waals surface area contributed by atoms with Crippen molar-refractivity contribution in [3.05, 3.63) is 58.4 Å². The largest absolute Gasteiger partial charge is 0.493 e. The Morgan fingerprint density at radius 1 is 1.27 bits per heavy atom. The molecular formula is C18H15BrFN5O5. The molecule has 2 N–H and O–H groups in total. The fourth-order valence-corrected chi connectivity index (χ4v) is 2.51. The highest BCUT2D eigenvalue weighted by Crippen LogP contribution is 2.25. The topological polar surface area (TPSA) is 120 Å². The van der Waals surface area contributed by atoms with Gasteiger partial charge in [0.1, 0.15) is 12.0 Å².